The van der Waals surface area contributed by atoms with E-state index < -0.39 is 28.3 Å². The Hall–Kier alpha value is -3.33. The number of nitrogens with one attached hydrogen (secondary N) is 1. The summed E-state index contributed by atoms with van der Waals surface area (Å²) in [7, 11) is 0. The van der Waals surface area contributed by atoms with Gasteiger partial charge in [-0.15, -0.1) is 11.3 Å². The first-order valence-electron chi connectivity index (χ1n) is 8.45. The van der Waals surface area contributed by atoms with Crippen molar-refractivity contribution in [1.82, 2.24) is 4.98 Å². The third-order valence-corrected chi connectivity index (χ3v) is 5.98. The number of thiazole rings is 1. The summed E-state index contributed by atoms with van der Waals surface area (Å²) in [5, 5.41) is 15.4. The third-order valence-electron chi connectivity index (χ3n) is 4.96. The van der Waals surface area contributed by atoms with Gasteiger partial charge >= 0.3 is 11.7 Å². The number of hydrogen-bond acceptors (Lipinski definition) is 7. The smallest absolute Gasteiger partial charge is 0.337 e. The number of rotatable bonds is 2. The van der Waals surface area contributed by atoms with Crippen LogP contribution in [0.3, 0.4) is 0 Å². The van der Waals surface area contributed by atoms with E-state index in [0.29, 0.717) is 16.8 Å². The number of esters is 1. The average molecular weight is 397 g/mol. The van der Waals surface area contributed by atoms with E-state index in [0.717, 1.165) is 32.5 Å². The molecule has 0 spiro atoms. The molecule has 1 unspecified atom stereocenters. The lowest BCUT2D eigenvalue weighted by atomic mass is 9.81. The van der Waals surface area contributed by atoms with Crippen LogP contribution in [0.4, 0.5) is 15.8 Å². The minimum Gasteiger partial charge on any atom is -0.456 e. The Morgan fingerprint density at radius 3 is 2.96 bits per heavy atom. The largest absolute Gasteiger partial charge is 0.456 e. The van der Waals surface area contributed by atoms with Crippen molar-refractivity contribution in [3.63, 3.8) is 0 Å². The number of aromatic nitrogens is 1. The molecule has 0 radical (unpaired) electrons. The van der Waals surface area contributed by atoms with E-state index in [1.165, 1.54) is 23.5 Å². The monoisotopic (exact) mass is 397 g/mol. The molecule has 7 nitrogen and oxygen atoms in total. The van der Waals surface area contributed by atoms with Crippen LogP contribution in [0, 0.1) is 22.9 Å². The number of benzene rings is 2. The number of carbonyl (C=O) groups is 1. The zero-order valence-corrected chi connectivity index (χ0v) is 15.3. The highest BCUT2D eigenvalue weighted by Gasteiger charge is 2.40. The Labute approximate surface area is 161 Å². The summed E-state index contributed by atoms with van der Waals surface area (Å²) >= 11 is 1.48. The number of aryl methyl sites for hydroxylation is 1. The summed E-state index contributed by atoms with van der Waals surface area (Å²) in [5.74, 6) is -2.01. The van der Waals surface area contributed by atoms with Crippen molar-refractivity contribution < 1.29 is 18.8 Å². The van der Waals surface area contributed by atoms with Gasteiger partial charge in [-0.2, -0.15) is 4.39 Å². The van der Waals surface area contributed by atoms with E-state index >= 15 is 0 Å². The average Bonchev–Trinajstić information content (AvgIpc) is 3.22. The number of ether oxygens (including phenoxy) is 1. The molecule has 2 aliphatic rings. The van der Waals surface area contributed by atoms with Crippen LogP contribution in [0.1, 0.15) is 22.1 Å². The molecule has 0 fully saturated rings. The van der Waals surface area contributed by atoms with Crippen molar-refractivity contribution in [3.8, 4) is 0 Å². The summed E-state index contributed by atoms with van der Waals surface area (Å²) in [6.45, 7) is 1.99. The molecule has 2 aromatic carbocycles. The highest BCUT2D eigenvalue weighted by Crippen LogP contribution is 2.48. The molecule has 2 aliphatic heterocycles. The Morgan fingerprint density at radius 2 is 2.18 bits per heavy atom. The zero-order valence-electron chi connectivity index (χ0n) is 14.5. The lowest BCUT2D eigenvalue weighted by Gasteiger charge is -2.27. The molecule has 140 valence electrons. The van der Waals surface area contributed by atoms with Gasteiger partial charge in [0.25, 0.3) is 0 Å². The van der Waals surface area contributed by atoms with E-state index in [9.17, 15) is 19.3 Å². The molecule has 0 saturated carbocycles. The van der Waals surface area contributed by atoms with Crippen LogP contribution in [0.25, 0.3) is 10.2 Å². The minimum absolute atomic E-state index is 0.104. The number of nitrogens with zero attached hydrogens (tertiary/aromatic N) is 2. The fourth-order valence-electron chi connectivity index (χ4n) is 3.82. The maximum atomic E-state index is 13.9. The Kier molecular flexibility index (Phi) is 3.50. The van der Waals surface area contributed by atoms with Crippen molar-refractivity contribution in [1.29, 1.82) is 0 Å². The maximum absolute atomic E-state index is 13.9. The van der Waals surface area contributed by atoms with E-state index in [-0.39, 0.29) is 6.61 Å². The topological polar surface area (TPSA) is 94.4 Å². The Bertz CT molecular complexity index is 1230. The number of hydrogen-bond donors (Lipinski definition) is 1. The quantitative estimate of drug-likeness (QED) is 0.399. The number of anilines is 1. The van der Waals surface area contributed by atoms with Crippen LogP contribution in [-0.2, 0) is 9.53 Å². The predicted octanol–water partition coefficient (Wildman–Crippen LogP) is 4.02. The van der Waals surface area contributed by atoms with Gasteiger partial charge in [0.05, 0.1) is 31.4 Å². The molecule has 0 aliphatic carbocycles. The summed E-state index contributed by atoms with van der Waals surface area (Å²) in [6, 6.07) is 7.49. The first-order valence-corrected chi connectivity index (χ1v) is 9.26. The molecule has 1 N–H and O–H groups in total. The SMILES string of the molecule is Cc1nc2ccc3c(c2s1)C(c1ccc(F)c([N+](=O)[O-])c1)C1=C(COC1=O)N3. The first-order chi connectivity index (χ1) is 13.4. The number of nitro groups is 1. The zero-order chi connectivity index (χ0) is 19.6. The summed E-state index contributed by atoms with van der Waals surface area (Å²) in [6.07, 6.45) is 0. The summed E-state index contributed by atoms with van der Waals surface area (Å²) in [4.78, 5) is 27.5. The van der Waals surface area contributed by atoms with Crippen LogP contribution in [0.15, 0.2) is 41.6 Å². The highest BCUT2D eigenvalue weighted by atomic mass is 32.1. The molecular formula is C19H12FN3O4S. The van der Waals surface area contributed by atoms with Crippen LogP contribution >= 0.6 is 11.3 Å². The van der Waals surface area contributed by atoms with Crippen molar-refractivity contribution in [2.45, 2.75) is 12.8 Å². The molecule has 0 saturated heterocycles. The molecule has 28 heavy (non-hydrogen) atoms. The van der Waals surface area contributed by atoms with E-state index in [1.807, 2.05) is 19.1 Å². The Morgan fingerprint density at radius 1 is 1.36 bits per heavy atom. The van der Waals surface area contributed by atoms with Crippen LogP contribution in [0.5, 0.6) is 0 Å². The molecule has 1 atom stereocenters. The van der Waals surface area contributed by atoms with E-state index in [1.54, 1.807) is 0 Å². The fourth-order valence-corrected chi connectivity index (χ4v) is 4.82. The van der Waals surface area contributed by atoms with Gasteiger partial charge in [-0.1, -0.05) is 6.07 Å². The lowest BCUT2D eigenvalue weighted by Crippen LogP contribution is -2.20. The molecule has 1 aromatic heterocycles. The predicted molar refractivity (Wildman–Crippen MR) is 101 cm³/mol. The molecule has 3 heterocycles. The normalized spacial score (nSPS) is 17.9. The van der Waals surface area contributed by atoms with Gasteiger partial charge < -0.3 is 10.1 Å². The van der Waals surface area contributed by atoms with Crippen LogP contribution in [-0.4, -0.2) is 22.5 Å². The second-order valence-corrected chi connectivity index (χ2v) is 7.81. The van der Waals surface area contributed by atoms with Crippen molar-refractivity contribution in [2.24, 2.45) is 0 Å². The Balaban J connectivity index is 1.82. The van der Waals surface area contributed by atoms with Gasteiger partial charge in [-0.3, -0.25) is 10.1 Å². The minimum atomic E-state index is -0.919. The molecule has 0 amide bonds. The van der Waals surface area contributed by atoms with E-state index in [2.05, 4.69) is 10.3 Å². The second-order valence-electron chi connectivity index (χ2n) is 6.60. The van der Waals surface area contributed by atoms with Gasteiger partial charge in [0, 0.05) is 23.2 Å². The van der Waals surface area contributed by atoms with E-state index in [4.69, 9.17) is 4.74 Å². The molecule has 0 bridgehead atoms. The summed E-state index contributed by atoms with van der Waals surface area (Å²) < 4.78 is 20.0. The lowest BCUT2D eigenvalue weighted by molar-refractivity contribution is -0.387. The number of carbonyl (C=O) groups excluding carboxylic acids is 1. The van der Waals surface area contributed by atoms with Crippen LogP contribution in [0.2, 0.25) is 0 Å². The molecule has 3 aromatic rings. The van der Waals surface area contributed by atoms with Gasteiger partial charge in [0.15, 0.2) is 0 Å². The van der Waals surface area contributed by atoms with Gasteiger partial charge in [0.1, 0.15) is 6.61 Å². The molecule has 9 heteroatoms. The number of fused-ring (bicyclic) bond motifs is 3. The molecule has 5 rings (SSSR count). The van der Waals surface area contributed by atoms with Gasteiger partial charge in [-0.25, -0.2) is 9.78 Å². The first kappa shape index (κ1) is 16.8. The third kappa shape index (κ3) is 2.32. The van der Waals surface area contributed by atoms with Crippen molar-refractivity contribution in [2.75, 3.05) is 11.9 Å². The summed E-state index contributed by atoms with van der Waals surface area (Å²) in [5.41, 5.74) is 3.20. The van der Waals surface area contributed by atoms with Gasteiger partial charge in [-0.05, 0) is 30.7 Å². The van der Waals surface area contributed by atoms with Crippen molar-refractivity contribution >= 4 is 38.9 Å². The number of nitro benzene ring substituents is 1. The van der Waals surface area contributed by atoms with Crippen molar-refractivity contribution in [3.05, 3.63) is 73.7 Å². The number of halogens is 1. The number of cyclic esters (lactones) is 1. The standard InChI is InChI=1S/C19H12FN3O4S/c1-8-21-12-5-4-11-16(18(12)28-8)15(17-13(22-11)7-27-19(17)24)9-2-3-10(20)14(6-9)23(25)26/h2-6,15,22H,7H2,1H3. The fraction of sp³-hybridized carbons (Fsp3) is 0.158. The van der Waals surface area contributed by atoms with Crippen LogP contribution < -0.4 is 5.32 Å². The highest BCUT2D eigenvalue weighted by molar-refractivity contribution is 7.18. The second kappa shape index (κ2) is 5.83. The molecular weight excluding hydrogens is 385 g/mol. The maximum Gasteiger partial charge on any atom is 0.337 e. The van der Waals surface area contributed by atoms with Gasteiger partial charge in [0.2, 0.25) is 5.82 Å².